The first-order valence-electron chi connectivity index (χ1n) is 33.8. The smallest absolute Gasteiger partial charge is 1.00 e. The molecule has 8 heterocycles. The first-order valence-corrected chi connectivity index (χ1v) is 38.2. The Balaban J connectivity index is 0.000000706. The molecule has 1 unspecified atom stereocenters. The first kappa shape index (κ1) is 99.7. The number of benzene rings is 8. The van der Waals surface area contributed by atoms with Crippen molar-refractivity contribution in [3.8, 4) is 103 Å². The van der Waals surface area contributed by atoms with Crippen LogP contribution < -0.4 is 152 Å². The zero-order valence-electron chi connectivity index (χ0n) is 66.8. The van der Waals surface area contributed by atoms with Gasteiger partial charge in [-0.25, -0.2) is 0 Å². The number of aliphatic hydroxyl groups excluding tert-OH is 2. The number of aliphatic hydroxyl groups is 2. The van der Waals surface area contributed by atoms with Crippen molar-refractivity contribution in [2.24, 2.45) is 5.73 Å². The largest absolute Gasteiger partial charge is 1.00 e. The number of pyridine rings is 1. The summed E-state index contributed by atoms with van der Waals surface area (Å²) in [5.41, 5.74) is 17.8. The summed E-state index contributed by atoms with van der Waals surface area (Å²) in [6.45, 7) is 5.80. The molecule has 7 aliphatic rings. The zero-order chi connectivity index (χ0) is 76.7. The molecule has 0 spiro atoms. The number of para-hydroxylation sites is 2. The minimum absolute atomic E-state index is 0. The maximum atomic E-state index is 13.2. The van der Waals surface area contributed by atoms with Crippen LogP contribution in [0.25, 0.3) is 22.0 Å². The molecule has 0 amide bonds. The van der Waals surface area contributed by atoms with Crippen LogP contribution in [0, 0.1) is 0 Å². The molecular weight excluding hydrogens is 1560 g/mol. The van der Waals surface area contributed by atoms with E-state index in [0.717, 1.165) is 164 Å². The predicted octanol–water partition coefficient (Wildman–Crippen LogP) is 7.01. The van der Waals surface area contributed by atoms with Crippen LogP contribution in [0.3, 0.4) is 0 Å². The molecule has 593 valence electrons. The molecule has 16 rings (SSSR count). The van der Waals surface area contributed by atoms with Gasteiger partial charge >= 0.3 is 64.3 Å². The number of ether oxygens (including phenoxy) is 16. The molecule has 0 fully saturated rings. The van der Waals surface area contributed by atoms with E-state index in [9.17, 15) is 14.2 Å². The van der Waals surface area contributed by atoms with E-state index in [1.165, 1.54) is 33.4 Å². The second-order valence-corrected chi connectivity index (χ2v) is 30.4. The molecule has 0 bridgehead atoms. The van der Waals surface area contributed by atoms with E-state index < -0.39 is 5.20 Å². The number of nitrogens with two attached hydrogens (primary N) is 1. The Labute approximate surface area is 727 Å². The minimum Gasteiger partial charge on any atom is -1.00 e. The third-order valence-electron chi connectivity index (χ3n) is 18.0. The van der Waals surface area contributed by atoms with E-state index in [2.05, 4.69) is 74.3 Å². The van der Waals surface area contributed by atoms with Crippen molar-refractivity contribution in [3.05, 3.63) is 188 Å². The summed E-state index contributed by atoms with van der Waals surface area (Å²) in [6.07, 6.45) is 5.28. The van der Waals surface area contributed by atoms with Crippen molar-refractivity contribution in [1.29, 1.82) is 0 Å². The number of aromatic nitrogens is 1. The number of carbonyl (C=O) groups is 1. The first-order chi connectivity index (χ1) is 52.0. The van der Waals surface area contributed by atoms with Crippen molar-refractivity contribution in [3.63, 3.8) is 0 Å². The van der Waals surface area contributed by atoms with Crippen LogP contribution in [0.4, 0.5) is 0 Å². The molecule has 5 N–H and O–H groups in total. The number of halogens is 3. The quantitative estimate of drug-likeness (QED) is 0.0327. The molecule has 1 atom stereocenters. The van der Waals surface area contributed by atoms with Gasteiger partial charge in [-0.2, -0.15) is 0 Å². The number of nitrogens with zero attached hydrogens (tertiary/aromatic N) is 2. The van der Waals surface area contributed by atoms with E-state index >= 15 is 0 Å². The summed E-state index contributed by atoms with van der Waals surface area (Å²) in [5, 5.41) is 15.6. The molecule has 1 aromatic heterocycles. The normalized spacial score (nSPS) is 13.3. The number of hydrogen-bond acceptors (Lipinski definition) is 24. The summed E-state index contributed by atoms with van der Waals surface area (Å²) in [7, 11) is 15.2. The van der Waals surface area contributed by atoms with Gasteiger partial charge < -0.3 is 104 Å². The van der Waals surface area contributed by atoms with Crippen LogP contribution in [0.15, 0.2) is 132 Å². The van der Waals surface area contributed by atoms with E-state index in [0.29, 0.717) is 78.2 Å². The Bertz CT molecular complexity index is 4680. The number of nitrogens with one attached hydrogen (secondary N) is 1. The van der Waals surface area contributed by atoms with E-state index in [1.54, 1.807) is 79.6 Å². The summed E-state index contributed by atoms with van der Waals surface area (Å²) < 4.78 is 97.3. The van der Waals surface area contributed by atoms with Gasteiger partial charge in [-0.1, -0.05) is 49.9 Å². The number of fused-ring (bicyclic) bond motifs is 14. The number of carbonyl (C=O) groups excluding carboxylic acids is 1. The average Bonchev–Trinajstić information content (AvgIpc) is 1.53. The Morgan fingerprint density at radius 2 is 1.01 bits per heavy atom. The molecule has 25 nitrogen and oxygen atoms in total. The molecule has 0 saturated carbocycles. The molecule has 9 aromatic rings. The number of rotatable bonds is 16. The van der Waals surface area contributed by atoms with Crippen LogP contribution >= 0.6 is 38.9 Å². The molecule has 34 heteroatoms. The SMILES string of the molecule is C.CO.CO.COc1cc2c(cc1OC)-c1cc3ccc4c(c3c(=O)n1CC2)OCO4.COc1cc2c(cc1OC)C1Cc3ccc4c(c3CN1CC2)OCO4.COc1ccc(CCN)cc1OC.COc1ccc(CCNCc2cccc3c2OCO3)cc1OC.O=Cc1cccc2c1OCO2.O=P(Cl)(Cl)Cl.[B].[B].[B].[H-].[H-].[Na+].[Na+]. The summed E-state index contributed by atoms with van der Waals surface area (Å²) >= 11 is 13.8. The van der Waals surface area contributed by atoms with Crippen LogP contribution in [-0.4, -0.2) is 169 Å². The second-order valence-electron chi connectivity index (χ2n) is 23.7. The molecule has 7 aliphatic heterocycles. The van der Waals surface area contributed by atoms with Gasteiger partial charge in [0.1, 0.15) is 0 Å². The summed E-state index contributed by atoms with van der Waals surface area (Å²) in [4.78, 5) is 26.2. The number of hydrogen-bond donors (Lipinski definition) is 4. The van der Waals surface area contributed by atoms with Gasteiger partial charge in [0.25, 0.3) is 5.56 Å². The number of aryl methyl sites for hydroxylation is 1. The fourth-order valence-electron chi connectivity index (χ4n) is 13.1. The Morgan fingerprint density at radius 1 is 0.540 bits per heavy atom. The Hall–Kier alpha value is -7.47. The summed E-state index contributed by atoms with van der Waals surface area (Å²) in [6, 6.07) is 41.6. The maximum Gasteiger partial charge on any atom is 1.00 e. The number of methoxy groups -OCH3 is 8. The molecule has 8 aromatic carbocycles. The predicted molar refractivity (Wildman–Crippen MR) is 435 cm³/mol. The van der Waals surface area contributed by atoms with Crippen LogP contribution in [-0.2, 0) is 56.3 Å². The molecule has 0 aliphatic carbocycles. The van der Waals surface area contributed by atoms with Gasteiger partial charge in [-0.3, -0.25) is 19.1 Å². The molecular formula is C79H94B3Cl3N4Na2O21P. The number of aldehydes is 1. The Kier molecular flexibility index (Phi) is 43.1. The fraction of sp³-hybridized carbons (Fsp3) is 0.342. The third kappa shape index (κ3) is 24.8. The van der Waals surface area contributed by atoms with E-state index in [1.807, 2.05) is 78.9 Å². The minimum atomic E-state index is -3.22. The van der Waals surface area contributed by atoms with Crippen LogP contribution in [0.2, 0.25) is 0 Å². The molecule has 113 heavy (non-hydrogen) atoms. The average molecular weight is 1650 g/mol. The van der Waals surface area contributed by atoms with Gasteiger partial charge in [0, 0.05) is 88.4 Å². The molecule has 0 saturated heterocycles. The van der Waals surface area contributed by atoms with Crippen molar-refractivity contribution < 1.29 is 157 Å². The monoisotopic (exact) mass is 1650 g/mol. The Morgan fingerprint density at radius 3 is 1.58 bits per heavy atom. The van der Waals surface area contributed by atoms with Crippen molar-refractivity contribution in [1.82, 2.24) is 14.8 Å². The fourth-order valence-corrected chi connectivity index (χ4v) is 13.1. The van der Waals surface area contributed by atoms with E-state index in [-0.39, 0.29) is 114 Å². The molecule has 9 radical (unpaired) electrons. The van der Waals surface area contributed by atoms with E-state index in [4.69, 9.17) is 91.7 Å². The summed E-state index contributed by atoms with van der Waals surface area (Å²) in [5.74, 6) is 11.9. The van der Waals surface area contributed by atoms with Gasteiger partial charge in [0.2, 0.25) is 27.2 Å². The standard InChI is InChI=1S/C20H17NO5.C20H21NO4.C18H21NO4.C10H15NO2.C8H6O3.2CH4O.CH4.3B.Cl3OP.2Na.2H/c1-23-16-8-11-5-6-21-14(13(11)9-17(16)24-2)7-12-3-4-15-19(26-10-25-15)18(12)20(21)22;1-22-18-8-13-5-6-21-10-15-12(3-4-17-20(15)25-11-24-17)7-16(21)14(13)9-19(18)23-2;1-20-15-7-6-13(10-17(15)21-2)8-9-19-11-14-4-3-5-16-18(14)23-12-22-16;1-12-9-4-3-8(5-6-11)7-10(9)13-2;9-4-6-2-1-3-7-8(6)11-5-10-7;2*1-2;;;;;1-5(2,3)4;;;;/h3-4,7-9H,5-6,10H2,1-2H3;3-4,8-9,16H,5-7,10-11H2,1-2H3;3-7,10,19H,8-9,11-12H2,1-2H3;3-4,7H,5-6,11H2,1-2H3;1-4H,5H2;2*2H,1H3;1H4;;;;;;;;/q;;;;;;;;;;;;2*+1;2*-1. The van der Waals surface area contributed by atoms with Crippen molar-refractivity contribution in [2.75, 3.05) is 118 Å². The zero-order valence-corrected chi connectivity index (χ0v) is 72.0. The van der Waals surface area contributed by atoms with Crippen LogP contribution in [0.5, 0.6) is 92.0 Å². The van der Waals surface area contributed by atoms with Gasteiger partial charge in [0.05, 0.1) is 73.5 Å². The van der Waals surface area contributed by atoms with Gasteiger partial charge in [-0.15, -0.1) is 0 Å². The van der Waals surface area contributed by atoms with Gasteiger partial charge in [-0.05, 0) is 203 Å². The second kappa shape index (κ2) is 48.8. The topological polar surface area (TPSA) is 286 Å². The van der Waals surface area contributed by atoms with Gasteiger partial charge in [0.15, 0.2) is 98.3 Å². The third-order valence-corrected chi connectivity index (χ3v) is 18.0. The van der Waals surface area contributed by atoms with Crippen molar-refractivity contribution >= 4 is 81.2 Å². The maximum absolute atomic E-state index is 13.2. The van der Waals surface area contributed by atoms with Crippen molar-refractivity contribution in [2.45, 2.75) is 65.2 Å². The van der Waals surface area contributed by atoms with Crippen LogP contribution in [0.1, 0.15) is 71.2 Å².